The highest BCUT2D eigenvalue weighted by Gasteiger charge is 2.14. The summed E-state index contributed by atoms with van der Waals surface area (Å²) in [6, 6.07) is 19.3. The van der Waals surface area contributed by atoms with Crippen LogP contribution in [0.4, 0.5) is 15.9 Å². The van der Waals surface area contributed by atoms with Crippen molar-refractivity contribution < 1.29 is 26.8 Å². The maximum absolute atomic E-state index is 13.5. The van der Waals surface area contributed by atoms with Crippen LogP contribution >= 0.6 is 11.6 Å². The van der Waals surface area contributed by atoms with Crippen molar-refractivity contribution in [2.45, 2.75) is 6.54 Å². The average molecular weight is 595 g/mol. The van der Waals surface area contributed by atoms with Crippen LogP contribution in [0.25, 0.3) is 22.2 Å². The summed E-state index contributed by atoms with van der Waals surface area (Å²) in [5.74, 6) is 0.726. The van der Waals surface area contributed by atoms with E-state index in [2.05, 4.69) is 20.6 Å². The number of hydrogen-bond acceptors (Lipinski definition) is 9. The number of rotatable bonds is 10. The number of esters is 1. The molecule has 5 rings (SSSR count). The fraction of sp³-hybridized carbons (Fsp3) is 0.138. The molecule has 0 spiro atoms. The molecule has 5 aromatic rings. The number of halogens is 2. The van der Waals surface area contributed by atoms with E-state index in [1.807, 2.05) is 30.3 Å². The van der Waals surface area contributed by atoms with Gasteiger partial charge in [-0.1, -0.05) is 17.7 Å². The molecule has 0 saturated heterocycles. The largest absolute Gasteiger partial charge is 0.460 e. The second kappa shape index (κ2) is 12.0. The van der Waals surface area contributed by atoms with Gasteiger partial charge in [-0.3, -0.25) is 0 Å². The molecule has 0 bridgehead atoms. The summed E-state index contributed by atoms with van der Waals surface area (Å²) in [5.41, 5.74) is 2.16. The van der Waals surface area contributed by atoms with Crippen LogP contribution in [0.15, 0.2) is 83.5 Å². The van der Waals surface area contributed by atoms with E-state index in [1.54, 1.807) is 12.1 Å². The minimum Gasteiger partial charge on any atom is -0.460 e. The Morgan fingerprint density at radius 1 is 1.05 bits per heavy atom. The van der Waals surface area contributed by atoms with Gasteiger partial charge in [-0.05, 0) is 66.7 Å². The van der Waals surface area contributed by atoms with E-state index in [4.69, 9.17) is 20.8 Å². The lowest BCUT2D eigenvalue weighted by atomic mass is 10.1. The molecule has 0 aliphatic heterocycles. The Balaban J connectivity index is 1.31. The van der Waals surface area contributed by atoms with E-state index < -0.39 is 21.6 Å². The lowest BCUT2D eigenvalue weighted by Gasteiger charge is -2.11. The van der Waals surface area contributed by atoms with Crippen LogP contribution in [0, 0.1) is 5.82 Å². The van der Waals surface area contributed by atoms with Gasteiger partial charge in [-0.2, -0.15) is 0 Å². The Morgan fingerprint density at radius 3 is 2.68 bits per heavy atom. The summed E-state index contributed by atoms with van der Waals surface area (Å²) in [4.78, 5) is 21.1. The number of aromatic nitrogens is 2. The molecule has 210 valence electrons. The topological polar surface area (TPSA) is 123 Å². The third-order valence-electron chi connectivity index (χ3n) is 5.99. The first kappa shape index (κ1) is 28.2. The van der Waals surface area contributed by atoms with Crippen LogP contribution in [-0.2, 0) is 16.4 Å². The summed E-state index contributed by atoms with van der Waals surface area (Å²) in [5, 5.41) is 7.19. The number of hydrogen-bond donors (Lipinski definition) is 2. The highest BCUT2D eigenvalue weighted by molar-refractivity contribution is 7.90. The Labute approximate surface area is 240 Å². The Hall–Kier alpha value is -4.32. The van der Waals surface area contributed by atoms with Gasteiger partial charge in [0.1, 0.15) is 45.1 Å². The molecular weight excluding hydrogens is 571 g/mol. The highest BCUT2D eigenvalue weighted by Crippen LogP contribution is 2.33. The van der Waals surface area contributed by atoms with E-state index in [0.29, 0.717) is 41.6 Å². The summed E-state index contributed by atoms with van der Waals surface area (Å²) in [6.07, 6.45) is 2.64. The Bertz CT molecular complexity index is 1840. The number of fused-ring (bicyclic) bond motifs is 1. The molecule has 0 atom stereocenters. The Kier molecular flexibility index (Phi) is 8.29. The number of benzene rings is 3. The summed E-state index contributed by atoms with van der Waals surface area (Å²) >= 11 is 6.38. The van der Waals surface area contributed by atoms with Gasteiger partial charge in [0.2, 0.25) is 0 Å². The van der Waals surface area contributed by atoms with E-state index in [-0.39, 0.29) is 22.1 Å². The molecule has 0 unspecified atom stereocenters. The monoisotopic (exact) mass is 594 g/mol. The fourth-order valence-electron chi connectivity index (χ4n) is 3.98. The van der Waals surface area contributed by atoms with Crippen LogP contribution < -0.4 is 15.4 Å². The van der Waals surface area contributed by atoms with Gasteiger partial charge in [0.25, 0.3) is 0 Å². The van der Waals surface area contributed by atoms with Crippen LogP contribution in [0.5, 0.6) is 5.75 Å². The lowest BCUT2D eigenvalue weighted by molar-refractivity contribution is 0.0734. The zero-order valence-electron chi connectivity index (χ0n) is 21.7. The maximum atomic E-state index is 13.5. The third-order valence-corrected chi connectivity index (χ3v) is 7.23. The maximum Gasteiger partial charge on any atom is 0.343 e. The van der Waals surface area contributed by atoms with E-state index in [0.717, 1.165) is 17.0 Å². The average Bonchev–Trinajstić information content (AvgIpc) is 3.41. The van der Waals surface area contributed by atoms with Crippen molar-refractivity contribution in [3.63, 3.8) is 0 Å². The molecular formula is C29H24ClFN4O5S. The molecule has 2 N–H and O–H groups in total. The van der Waals surface area contributed by atoms with Crippen LogP contribution in [0.1, 0.15) is 16.1 Å². The molecule has 0 saturated carbocycles. The zero-order chi connectivity index (χ0) is 29.0. The predicted molar refractivity (Wildman–Crippen MR) is 155 cm³/mol. The highest BCUT2D eigenvalue weighted by atomic mass is 35.5. The second-order valence-corrected chi connectivity index (χ2v) is 11.9. The van der Waals surface area contributed by atoms with Crippen molar-refractivity contribution in [1.29, 1.82) is 0 Å². The minimum absolute atomic E-state index is 0.0506. The lowest BCUT2D eigenvalue weighted by Crippen LogP contribution is -2.21. The normalized spacial score (nSPS) is 11.5. The summed E-state index contributed by atoms with van der Waals surface area (Å²) in [7, 11) is -3.03. The first-order chi connectivity index (χ1) is 19.6. The van der Waals surface area contributed by atoms with Crippen LogP contribution in [0.2, 0.25) is 5.02 Å². The first-order valence-corrected chi connectivity index (χ1v) is 14.8. The van der Waals surface area contributed by atoms with Gasteiger partial charge in [0.15, 0.2) is 0 Å². The van der Waals surface area contributed by atoms with Gasteiger partial charge in [0.05, 0.1) is 28.4 Å². The number of ether oxygens (including phenoxy) is 1. The van der Waals surface area contributed by atoms with Crippen molar-refractivity contribution in [2.24, 2.45) is 0 Å². The molecule has 2 heterocycles. The number of nitrogens with one attached hydrogen (secondary N) is 2. The number of sulfone groups is 1. The number of anilines is 2. The third kappa shape index (κ3) is 7.26. The van der Waals surface area contributed by atoms with E-state index in [1.165, 1.54) is 36.8 Å². The molecule has 0 aliphatic carbocycles. The predicted octanol–water partition coefficient (Wildman–Crippen LogP) is 5.78. The van der Waals surface area contributed by atoms with Crippen molar-refractivity contribution in [1.82, 2.24) is 15.3 Å². The first-order valence-electron chi connectivity index (χ1n) is 12.4. The molecule has 2 aromatic heterocycles. The number of furan rings is 1. The minimum atomic E-state index is -3.03. The number of carbonyl (C=O) groups is 1. The molecule has 3 aromatic carbocycles. The van der Waals surface area contributed by atoms with Crippen molar-refractivity contribution in [2.75, 3.05) is 23.9 Å². The van der Waals surface area contributed by atoms with Gasteiger partial charge >= 0.3 is 5.97 Å². The van der Waals surface area contributed by atoms with Gasteiger partial charge in [-0.15, -0.1) is 0 Å². The molecule has 0 aliphatic rings. The van der Waals surface area contributed by atoms with Crippen molar-refractivity contribution in [3.8, 4) is 17.1 Å². The van der Waals surface area contributed by atoms with Gasteiger partial charge < -0.3 is 19.8 Å². The van der Waals surface area contributed by atoms with Crippen molar-refractivity contribution >= 4 is 49.8 Å². The quantitative estimate of drug-likeness (QED) is 0.118. The fourth-order valence-corrected chi connectivity index (χ4v) is 4.71. The summed E-state index contributed by atoms with van der Waals surface area (Å²) in [6.45, 7) is 0.727. The van der Waals surface area contributed by atoms with Gasteiger partial charge in [0, 0.05) is 29.4 Å². The summed E-state index contributed by atoms with van der Waals surface area (Å²) < 4.78 is 47.3. The zero-order valence-corrected chi connectivity index (χ0v) is 23.3. The molecule has 0 fully saturated rings. The number of nitrogens with zero attached hydrogens (tertiary/aromatic N) is 2. The molecule has 0 amide bonds. The van der Waals surface area contributed by atoms with Crippen LogP contribution in [-0.4, -0.2) is 42.9 Å². The van der Waals surface area contributed by atoms with Gasteiger partial charge in [-0.25, -0.2) is 27.6 Å². The number of carbonyl (C=O) groups excluding carboxylic acids is 1. The molecule has 41 heavy (non-hydrogen) atoms. The van der Waals surface area contributed by atoms with Crippen LogP contribution in [0.3, 0.4) is 0 Å². The van der Waals surface area contributed by atoms with E-state index >= 15 is 0 Å². The Morgan fingerprint density at radius 2 is 1.90 bits per heavy atom. The smallest absolute Gasteiger partial charge is 0.343 e. The van der Waals surface area contributed by atoms with E-state index in [9.17, 15) is 17.6 Å². The molecule has 12 heteroatoms. The molecule has 0 radical (unpaired) electrons. The standard InChI is InChI=1S/C29H24ClFN4O5S/c1-41(37,38)12-11-32-16-22-7-10-26(39-22)18-5-8-25-23(14-18)28(34-17-33-25)35-21-6-9-27(24(30)15-21)40-29(36)19-3-2-4-20(31)13-19/h2-10,13-15,17,32H,11-12,16H2,1H3,(H,33,34,35). The SMILES string of the molecule is CS(=O)(=O)CCNCc1ccc(-c2ccc3ncnc(Nc4ccc(OC(=O)c5cccc(F)c5)c(Cl)c4)c3c2)o1. The molecule has 9 nitrogen and oxygen atoms in total. The second-order valence-electron chi connectivity index (χ2n) is 9.20. The van der Waals surface area contributed by atoms with Crippen molar-refractivity contribution in [3.05, 3.63) is 101 Å².